The number of aryl methyl sites for hydroxylation is 1. The van der Waals surface area contributed by atoms with Crippen LogP contribution in [0.3, 0.4) is 0 Å². The number of amides is 3. The number of hydrogen-bond donors (Lipinski definition) is 3. The summed E-state index contributed by atoms with van der Waals surface area (Å²) in [6, 6.07) is 6.71. The van der Waals surface area contributed by atoms with Crippen LogP contribution in [-0.2, 0) is 63.2 Å². The molecule has 5 aromatic rings. The van der Waals surface area contributed by atoms with Gasteiger partial charge in [-0.05, 0) is 108 Å². The minimum absolute atomic E-state index is 0.00794. The largest absolute Gasteiger partial charge is 0.462 e. The smallest absolute Gasteiger partial charge is 0.435 e. The first-order valence-electron chi connectivity index (χ1n) is 23.0. The minimum atomic E-state index is -4.78. The Kier molecular flexibility index (Phi) is 22.8. The number of urea groups is 1. The molecule has 418 valence electrons. The summed E-state index contributed by atoms with van der Waals surface area (Å²) in [4.78, 5) is 39.2. The van der Waals surface area contributed by atoms with Crippen LogP contribution in [0.5, 0.6) is 0 Å². The van der Waals surface area contributed by atoms with Crippen molar-refractivity contribution >= 4 is 70.0 Å². The highest BCUT2D eigenvalue weighted by Crippen LogP contribution is 2.47. The van der Waals surface area contributed by atoms with Crippen molar-refractivity contribution < 1.29 is 72.3 Å². The first-order chi connectivity index (χ1) is 35.3. The van der Waals surface area contributed by atoms with Gasteiger partial charge in [-0.15, -0.1) is 0 Å². The number of nitrogens with one attached hydrogen (secondary N) is 2. The van der Waals surface area contributed by atoms with Gasteiger partial charge in [0.25, 0.3) is 12.4 Å². The van der Waals surface area contributed by atoms with Crippen molar-refractivity contribution in [2.24, 2.45) is 0 Å². The number of ether oxygens (including phenoxy) is 1. The van der Waals surface area contributed by atoms with Crippen LogP contribution in [-0.4, -0.2) is 95.0 Å². The molecule has 6 rings (SSSR count). The number of aliphatic hydroxyl groups is 1. The second-order valence-corrected chi connectivity index (χ2v) is 20.6. The average Bonchev–Trinajstić information content (AvgIpc) is 3.99. The molecule has 0 saturated heterocycles. The molecule has 0 saturated carbocycles. The molecule has 1 aliphatic rings. The zero-order chi connectivity index (χ0) is 57.7. The second-order valence-electron chi connectivity index (χ2n) is 17.5. The molecule has 0 fully saturated rings. The normalized spacial score (nSPS) is 13.7. The van der Waals surface area contributed by atoms with Crippen LogP contribution in [0.15, 0.2) is 42.5 Å². The van der Waals surface area contributed by atoms with Crippen molar-refractivity contribution in [2.75, 3.05) is 30.0 Å². The van der Waals surface area contributed by atoms with E-state index in [1.165, 1.54) is 43.7 Å². The van der Waals surface area contributed by atoms with Crippen molar-refractivity contribution in [1.29, 1.82) is 0 Å². The maximum Gasteiger partial charge on any atom is 0.435 e. The lowest BCUT2D eigenvalue weighted by Gasteiger charge is -2.21. The molecule has 3 N–H and O–H groups in total. The Labute approximate surface area is 444 Å². The number of hydrogen-bond acceptors (Lipinski definition) is 10. The Morgan fingerprint density at radius 3 is 2.12 bits per heavy atom. The number of benzene rings is 2. The average molecular weight is 1140 g/mol. The Balaban J connectivity index is 0.000000496. The molecule has 0 spiro atoms. The van der Waals surface area contributed by atoms with Gasteiger partial charge in [0, 0.05) is 65.6 Å². The molecule has 2 atom stereocenters. The lowest BCUT2D eigenvalue weighted by molar-refractivity contribution is -0.142. The van der Waals surface area contributed by atoms with Crippen LogP contribution in [0.25, 0.3) is 22.0 Å². The van der Waals surface area contributed by atoms with Gasteiger partial charge in [-0.2, -0.15) is 45.3 Å². The number of alkyl halides is 8. The van der Waals surface area contributed by atoms with Crippen LogP contribution >= 0.6 is 23.5 Å². The van der Waals surface area contributed by atoms with E-state index in [0.717, 1.165) is 33.1 Å². The highest BCUT2D eigenvalue weighted by Gasteiger charge is 2.49. The van der Waals surface area contributed by atoms with Gasteiger partial charge in [0.1, 0.15) is 39.9 Å². The summed E-state index contributed by atoms with van der Waals surface area (Å²) in [7, 11) is -1.36. The van der Waals surface area contributed by atoms with E-state index in [1.54, 1.807) is 13.8 Å². The molecule has 0 bridgehead atoms. The van der Waals surface area contributed by atoms with Crippen molar-refractivity contribution in [2.45, 2.75) is 122 Å². The zero-order valence-corrected chi connectivity index (χ0v) is 45.3. The molecule has 27 heteroatoms. The summed E-state index contributed by atoms with van der Waals surface area (Å²) in [6.45, 7) is 12.6. The molecule has 0 radical (unpaired) electrons. The quantitative estimate of drug-likeness (QED) is 0.0420. The van der Waals surface area contributed by atoms with E-state index in [1.807, 2.05) is 34.6 Å². The third-order valence-electron chi connectivity index (χ3n) is 10.5. The lowest BCUT2D eigenvalue weighted by Crippen LogP contribution is -2.37. The number of carbonyl (C=O) groups excluding carboxylic acids is 3. The first kappa shape index (κ1) is 64.4. The number of pyridine rings is 1. The number of fused-ring (bicyclic) bond motifs is 2. The van der Waals surface area contributed by atoms with E-state index < -0.39 is 88.5 Å². The first-order valence-corrected chi connectivity index (χ1v) is 26.1. The van der Waals surface area contributed by atoms with Gasteiger partial charge in [0.05, 0.1) is 34.3 Å². The lowest BCUT2D eigenvalue weighted by atomic mass is 9.94. The van der Waals surface area contributed by atoms with Gasteiger partial charge < -0.3 is 20.5 Å². The van der Waals surface area contributed by atoms with Gasteiger partial charge in [-0.1, -0.05) is 37.4 Å². The molecule has 76 heavy (non-hydrogen) atoms. The Morgan fingerprint density at radius 1 is 1.00 bits per heavy atom. The van der Waals surface area contributed by atoms with Crippen LogP contribution in [0.1, 0.15) is 102 Å². The molecule has 3 heterocycles. The van der Waals surface area contributed by atoms with Gasteiger partial charge in [-0.25, -0.2) is 22.9 Å². The van der Waals surface area contributed by atoms with E-state index in [0.29, 0.717) is 23.6 Å². The fourth-order valence-electron chi connectivity index (χ4n) is 7.16. The minimum Gasteiger partial charge on any atom is -0.462 e. The number of nitrogens with zero attached hydrogens (tertiary/aromatic N) is 6. The number of aromatic nitrogens is 5. The third-order valence-corrected chi connectivity index (χ3v) is 13.1. The van der Waals surface area contributed by atoms with E-state index in [2.05, 4.69) is 42.4 Å². The number of aliphatic hydroxyl groups excluding tert-OH is 1. The predicted octanol–water partition coefficient (Wildman–Crippen LogP) is 10.9. The monoisotopic (exact) mass is 1140 g/mol. The Morgan fingerprint density at radius 2 is 1.62 bits per heavy atom. The van der Waals surface area contributed by atoms with Crippen molar-refractivity contribution in [1.82, 2.24) is 35.2 Å². The molecule has 0 aliphatic heterocycles. The molecule has 2 aromatic carbocycles. The maximum absolute atomic E-state index is 14.2. The van der Waals surface area contributed by atoms with Crippen LogP contribution < -0.4 is 14.9 Å². The second kappa shape index (κ2) is 26.9. The van der Waals surface area contributed by atoms with Crippen molar-refractivity contribution in [3.8, 4) is 23.0 Å². The van der Waals surface area contributed by atoms with Crippen molar-refractivity contribution in [3.63, 3.8) is 0 Å². The van der Waals surface area contributed by atoms with Crippen LogP contribution in [0.4, 0.5) is 54.5 Å². The van der Waals surface area contributed by atoms with Gasteiger partial charge in [0.2, 0.25) is 6.41 Å². The molecular formula is C49H57ClF10N8O6S2. The summed E-state index contributed by atoms with van der Waals surface area (Å²) >= 11 is 7.44. The highest BCUT2D eigenvalue weighted by atomic mass is 35.5. The van der Waals surface area contributed by atoms with E-state index in [4.69, 9.17) is 11.6 Å². The zero-order valence-electron chi connectivity index (χ0n) is 42.9. The molecular weight excluding hydrogens is 1090 g/mol. The molecule has 2 unspecified atom stereocenters. The topological polar surface area (TPSA) is 174 Å². The fourth-order valence-corrected chi connectivity index (χ4v) is 8.12. The van der Waals surface area contributed by atoms with Crippen LogP contribution in [0, 0.1) is 23.5 Å². The summed E-state index contributed by atoms with van der Waals surface area (Å²) in [6.07, 6.45) is -7.16. The summed E-state index contributed by atoms with van der Waals surface area (Å²) < 4.78 is 153. The summed E-state index contributed by atoms with van der Waals surface area (Å²) in [5, 5.41) is 21.6. The number of carbonyl (C=O) groups is 3. The SMILES string of the molecule is CC.CC(C)(C)OC=O.CCn1nc(C(F)(F)F)c2c1C(F)(F)CC2.CSN(C(=O)NCCO)c1nn(CC(F)(F)F)c2c(-c3ccc(C#CC(C)(C)S(C)=O)nc3C(Cc3cc(F)cc(F)c3)NC=O)ccc(Cl)c12. The van der Waals surface area contributed by atoms with E-state index in [-0.39, 0.29) is 86.9 Å². The van der Waals surface area contributed by atoms with Gasteiger partial charge in [-0.3, -0.25) is 23.2 Å². The molecule has 14 nitrogen and oxygen atoms in total. The number of halogens is 11. The maximum atomic E-state index is 14.2. The van der Waals surface area contributed by atoms with Gasteiger partial charge in [0.15, 0.2) is 11.5 Å². The number of rotatable bonds is 14. The van der Waals surface area contributed by atoms with E-state index >= 15 is 0 Å². The Hall–Kier alpha value is -5.91. The molecule has 3 amide bonds. The third kappa shape index (κ3) is 17.0. The van der Waals surface area contributed by atoms with Gasteiger partial charge >= 0.3 is 18.4 Å². The van der Waals surface area contributed by atoms with E-state index in [9.17, 15) is 67.6 Å². The standard InChI is InChI=1S/C33H32ClF5N6O4S2.C9H9F5N2.C5H10O2.C2H6/c1-32(2,51(4)49)10-9-22-5-6-23(28(42-22)26(41-18-47)15-19-13-20(35)16-21(36)14-19)24-7-8-25(34)27-29(24)44(17-33(37,38)39)43-30(27)45(50-3)31(48)40-11-12-46;1-2-16-7-5(3-4-8(7,10)11)6(15-16)9(12,13)14;1-5(2,3)7-4-6;1-2/h5-8,13-14,16,18,26,46H,11-12,15,17H2,1-4H3,(H,40,48)(H,41,47);2-4H2,1H3;4H,1-3H3;1-2H3. The van der Waals surface area contributed by atoms with Crippen molar-refractivity contribution in [3.05, 3.63) is 93.0 Å². The fraction of sp³-hybridized carbons (Fsp3) is 0.469. The molecule has 3 aromatic heterocycles. The number of anilines is 1. The van der Waals surface area contributed by atoms with Crippen LogP contribution in [0.2, 0.25) is 5.02 Å². The highest BCUT2D eigenvalue weighted by molar-refractivity contribution is 8.00. The summed E-state index contributed by atoms with van der Waals surface area (Å²) in [5.41, 5.74) is -1.93. The predicted molar refractivity (Wildman–Crippen MR) is 271 cm³/mol. The Bertz CT molecular complexity index is 2890. The molecule has 1 aliphatic carbocycles. The summed E-state index contributed by atoms with van der Waals surface area (Å²) in [5.74, 6) is 0.589.